The molecule has 1 aromatic heterocycles. The van der Waals surface area contributed by atoms with Crippen molar-refractivity contribution in [3.8, 4) is 11.8 Å². The first kappa shape index (κ1) is 34.5. The third-order valence-electron chi connectivity index (χ3n) is 10.6. The molecule has 0 saturated heterocycles. The minimum absolute atomic E-state index is 0.282. The van der Waals surface area contributed by atoms with Crippen LogP contribution in [0.15, 0.2) is 168 Å². The number of nitrogens with zero attached hydrogens (tertiary/aromatic N) is 3. The number of hydrogen-bond donors (Lipinski definition) is 2. The van der Waals surface area contributed by atoms with E-state index in [-0.39, 0.29) is 23.3 Å². The molecule has 0 unspecified atom stereocenters. The van der Waals surface area contributed by atoms with Crippen molar-refractivity contribution in [3.63, 3.8) is 0 Å². The van der Waals surface area contributed by atoms with E-state index in [9.17, 15) is 19.8 Å². The van der Waals surface area contributed by atoms with Crippen LogP contribution in [-0.4, -0.2) is 34.0 Å². The summed E-state index contributed by atoms with van der Waals surface area (Å²) in [6.07, 6.45) is 14.7. The highest BCUT2D eigenvalue weighted by molar-refractivity contribution is 6.16. The summed E-state index contributed by atoms with van der Waals surface area (Å²) >= 11 is 0. The number of benzene rings is 4. The molecule has 0 saturated carbocycles. The fraction of sp³-hybridized carbons (Fsp3) is 0.106. The summed E-state index contributed by atoms with van der Waals surface area (Å²) in [6, 6.07) is 34.5. The lowest BCUT2D eigenvalue weighted by Gasteiger charge is -2.42. The molecule has 9 nitrogen and oxygen atoms in total. The van der Waals surface area contributed by atoms with Crippen molar-refractivity contribution in [2.75, 3.05) is 16.9 Å². The van der Waals surface area contributed by atoms with E-state index >= 15 is 0 Å². The van der Waals surface area contributed by atoms with Crippen LogP contribution < -0.4 is 14.6 Å². The fourth-order valence-corrected chi connectivity index (χ4v) is 8.01. The van der Waals surface area contributed by atoms with E-state index in [0.717, 1.165) is 52.3 Å². The predicted molar refractivity (Wildman–Crippen MR) is 216 cm³/mol. The molecule has 9 rings (SSSR count). The third-order valence-corrected chi connectivity index (χ3v) is 10.6. The average Bonchev–Trinajstić information content (AvgIpc) is 3.56. The summed E-state index contributed by atoms with van der Waals surface area (Å²) in [7, 11) is 1.39. The van der Waals surface area contributed by atoms with E-state index in [1.807, 2.05) is 36.4 Å². The molecule has 9 heteroatoms. The molecular weight excluding hydrogens is 703 g/mol. The Hall–Kier alpha value is -7.26. The van der Waals surface area contributed by atoms with E-state index in [1.54, 1.807) is 12.1 Å². The van der Waals surface area contributed by atoms with Crippen LogP contribution in [0.1, 0.15) is 55.8 Å². The number of methoxy groups -OCH3 is 1. The molecule has 4 aromatic carbocycles. The summed E-state index contributed by atoms with van der Waals surface area (Å²) in [6.45, 7) is 1.19. The van der Waals surface area contributed by atoms with Crippen LogP contribution in [0.3, 0.4) is 0 Å². The predicted octanol–water partition coefficient (Wildman–Crippen LogP) is 8.89. The van der Waals surface area contributed by atoms with Crippen LogP contribution in [0.5, 0.6) is 11.8 Å². The van der Waals surface area contributed by atoms with Crippen molar-refractivity contribution >= 4 is 34.5 Å². The van der Waals surface area contributed by atoms with E-state index in [4.69, 9.17) is 9.57 Å². The first-order valence-corrected chi connectivity index (χ1v) is 18.4. The van der Waals surface area contributed by atoms with Gasteiger partial charge in [-0.1, -0.05) is 85.0 Å². The van der Waals surface area contributed by atoms with Crippen LogP contribution in [0.2, 0.25) is 0 Å². The number of carbonyl (C=O) groups excluding carboxylic acids is 2. The Kier molecular flexibility index (Phi) is 8.74. The quantitative estimate of drug-likeness (QED) is 0.152. The molecule has 2 aliphatic carbocycles. The van der Waals surface area contributed by atoms with E-state index in [1.165, 1.54) is 47.1 Å². The number of carbonyl (C=O) groups is 2. The summed E-state index contributed by atoms with van der Waals surface area (Å²) in [5, 5.41) is 19.8. The van der Waals surface area contributed by atoms with Crippen molar-refractivity contribution in [2.24, 2.45) is 0 Å². The highest BCUT2D eigenvalue weighted by Gasteiger charge is 2.37. The molecule has 3 heterocycles. The van der Waals surface area contributed by atoms with Crippen molar-refractivity contribution in [3.05, 3.63) is 202 Å². The average molecular weight is 740 g/mol. The van der Waals surface area contributed by atoms with Gasteiger partial charge < -0.3 is 29.6 Å². The first-order chi connectivity index (χ1) is 27.4. The molecule has 276 valence electrons. The van der Waals surface area contributed by atoms with Crippen LogP contribution in [0.25, 0.3) is 11.1 Å². The van der Waals surface area contributed by atoms with Crippen LogP contribution in [-0.2, 0) is 17.8 Å². The normalized spacial score (nSPS) is 15.4. The summed E-state index contributed by atoms with van der Waals surface area (Å²) in [5.41, 5.74) is 14.7. The van der Waals surface area contributed by atoms with Crippen LogP contribution >= 0.6 is 0 Å². The number of fused-ring (bicyclic) bond motifs is 4. The lowest BCUT2D eigenvalue weighted by molar-refractivity contribution is 0.0381. The van der Waals surface area contributed by atoms with Gasteiger partial charge in [0.05, 0.1) is 18.2 Å². The van der Waals surface area contributed by atoms with Crippen molar-refractivity contribution in [1.29, 1.82) is 0 Å². The van der Waals surface area contributed by atoms with Gasteiger partial charge in [0.25, 0.3) is 0 Å². The van der Waals surface area contributed by atoms with Gasteiger partial charge in [-0.3, -0.25) is 0 Å². The van der Waals surface area contributed by atoms with E-state index in [0.29, 0.717) is 23.4 Å². The molecule has 0 fully saturated rings. The number of rotatable bonds is 8. The molecule has 2 aliphatic heterocycles. The first-order valence-electron chi connectivity index (χ1n) is 18.4. The molecule has 0 atom stereocenters. The Bertz CT molecular complexity index is 2580. The number of esters is 1. The van der Waals surface area contributed by atoms with Crippen molar-refractivity contribution < 1.29 is 29.4 Å². The largest absolute Gasteiger partial charge is 0.492 e. The van der Waals surface area contributed by atoms with Gasteiger partial charge >= 0.3 is 11.9 Å². The second kappa shape index (κ2) is 14.2. The van der Waals surface area contributed by atoms with Crippen LogP contribution in [0, 0.1) is 0 Å². The number of hydrogen-bond acceptors (Lipinski definition) is 8. The number of aromatic hydroxyl groups is 2. The van der Waals surface area contributed by atoms with Crippen molar-refractivity contribution in [2.45, 2.75) is 25.9 Å². The second-order valence-electron chi connectivity index (χ2n) is 13.9. The van der Waals surface area contributed by atoms with Crippen LogP contribution in [0.4, 0.5) is 11.4 Å². The number of allylic oxidation sites excluding steroid dienone is 10. The molecule has 5 aromatic rings. The molecule has 4 aliphatic rings. The van der Waals surface area contributed by atoms with Gasteiger partial charge in [0.1, 0.15) is 0 Å². The van der Waals surface area contributed by atoms with Gasteiger partial charge in [-0.2, -0.15) is 0 Å². The zero-order chi connectivity index (χ0) is 38.3. The highest BCUT2D eigenvalue weighted by atomic mass is 16.7. The monoisotopic (exact) mass is 739 g/mol. The zero-order valence-electron chi connectivity index (χ0n) is 30.6. The van der Waals surface area contributed by atoms with Gasteiger partial charge in [-0.15, -0.1) is 4.73 Å². The lowest BCUT2D eigenvalue weighted by atomic mass is 9.76. The molecule has 2 N–H and O–H groups in total. The number of aromatic nitrogens is 1. The van der Waals surface area contributed by atoms with Gasteiger partial charge in [0.15, 0.2) is 0 Å². The maximum Gasteiger partial charge on any atom is 0.363 e. The minimum Gasteiger partial charge on any atom is -0.492 e. The van der Waals surface area contributed by atoms with E-state index < -0.39 is 5.97 Å². The molecule has 0 spiro atoms. The minimum atomic E-state index is -0.708. The topological polar surface area (TPSA) is 104 Å². The number of anilines is 2. The zero-order valence-corrected chi connectivity index (χ0v) is 30.6. The molecule has 0 bridgehead atoms. The van der Waals surface area contributed by atoms with E-state index in [2.05, 4.69) is 94.8 Å². The summed E-state index contributed by atoms with van der Waals surface area (Å²) in [5.74, 6) is -1.82. The summed E-state index contributed by atoms with van der Waals surface area (Å²) < 4.78 is 5.61. The molecule has 0 amide bonds. The SMILES string of the molecule is COC(=O)c1ccc(CN2C3=CC=CCC3=C(C3=C4CC=CC=C4N(Cc4ccc(C(=O)On5c(O)ccc5O)cc4)c4ccccc43)c3ccccc32)cc1. The fourth-order valence-electron chi connectivity index (χ4n) is 8.01. The number of para-hydroxylation sites is 2. The van der Waals surface area contributed by atoms with Crippen molar-refractivity contribution in [1.82, 2.24) is 4.73 Å². The Labute approximate surface area is 323 Å². The molecule has 0 radical (unpaired) electrons. The highest BCUT2D eigenvalue weighted by Crippen LogP contribution is 2.54. The lowest BCUT2D eigenvalue weighted by Crippen LogP contribution is -2.31. The Balaban J connectivity index is 1.09. The molecule has 56 heavy (non-hydrogen) atoms. The van der Waals surface area contributed by atoms with Gasteiger partial charge in [0, 0.05) is 59.1 Å². The smallest absolute Gasteiger partial charge is 0.363 e. The van der Waals surface area contributed by atoms with Gasteiger partial charge in [0.2, 0.25) is 11.8 Å². The van der Waals surface area contributed by atoms with Gasteiger partial charge in [-0.05, 0) is 94.8 Å². The maximum atomic E-state index is 12.9. The number of ether oxygens (including phenoxy) is 1. The maximum absolute atomic E-state index is 12.9. The Morgan fingerprint density at radius 2 is 1.04 bits per heavy atom. The summed E-state index contributed by atoms with van der Waals surface area (Å²) in [4.78, 5) is 35.0. The second-order valence-corrected chi connectivity index (χ2v) is 13.9. The standard InChI is InChI=1S/C47H37N3O6/c1-55-46(53)32-22-18-30(19-23-32)28-48-38-14-6-2-10-34(38)44(35-11-3-7-15-39(35)48)45-36-12-4-8-16-40(36)49(41-17-9-5-13-37(41)45)29-31-20-24-33(25-21-31)47(54)56-50-42(51)26-27-43(50)52/h2-10,12,14-27,51-52H,11,13,28-29H2,1H3. The molecular formula is C47H37N3O6. The Morgan fingerprint density at radius 1 is 0.589 bits per heavy atom. The Morgan fingerprint density at radius 3 is 1.50 bits per heavy atom. The van der Waals surface area contributed by atoms with Gasteiger partial charge in [-0.25, -0.2) is 9.59 Å². The third kappa shape index (κ3) is 5.99.